The first-order valence-corrected chi connectivity index (χ1v) is 5.06. The van der Waals surface area contributed by atoms with E-state index in [2.05, 4.69) is 0 Å². The Labute approximate surface area is 92.5 Å². The SMILES string of the molecule is NC(C(=O)O)C(O)CN1CCC[C@H]1C(=O)O. The van der Waals surface area contributed by atoms with Crippen molar-refractivity contribution in [2.45, 2.75) is 31.0 Å². The van der Waals surface area contributed by atoms with Gasteiger partial charge in [0.15, 0.2) is 0 Å². The second-order valence-corrected chi connectivity index (χ2v) is 3.92. The van der Waals surface area contributed by atoms with E-state index in [9.17, 15) is 14.7 Å². The Bertz CT molecular complexity index is 283. The van der Waals surface area contributed by atoms with E-state index in [1.807, 2.05) is 0 Å². The standard InChI is InChI=1S/C9H16N2O5/c10-7(9(15)16)6(12)4-11-3-1-2-5(11)8(13)14/h5-7,12H,1-4,10H2,(H,13,14)(H,15,16)/t5-,6?,7?/m0/s1. The Morgan fingerprint density at radius 2 is 2.06 bits per heavy atom. The molecule has 0 amide bonds. The Morgan fingerprint density at radius 3 is 2.56 bits per heavy atom. The molecule has 92 valence electrons. The van der Waals surface area contributed by atoms with Crippen molar-refractivity contribution < 1.29 is 24.9 Å². The zero-order valence-electron chi connectivity index (χ0n) is 8.74. The maximum atomic E-state index is 10.8. The lowest BCUT2D eigenvalue weighted by molar-refractivity contribution is -0.143. The first-order valence-electron chi connectivity index (χ1n) is 5.06. The zero-order valence-corrected chi connectivity index (χ0v) is 8.74. The van der Waals surface area contributed by atoms with Crippen molar-refractivity contribution in [3.63, 3.8) is 0 Å². The maximum absolute atomic E-state index is 10.8. The molecule has 1 aliphatic heterocycles. The van der Waals surface area contributed by atoms with Crippen molar-refractivity contribution in [1.29, 1.82) is 0 Å². The fraction of sp³-hybridized carbons (Fsp3) is 0.778. The number of hydrogen-bond donors (Lipinski definition) is 4. The third-order valence-electron chi connectivity index (χ3n) is 2.77. The third-order valence-corrected chi connectivity index (χ3v) is 2.77. The van der Waals surface area contributed by atoms with Crippen molar-refractivity contribution >= 4 is 11.9 Å². The van der Waals surface area contributed by atoms with Gasteiger partial charge in [0.1, 0.15) is 12.1 Å². The lowest BCUT2D eigenvalue weighted by Gasteiger charge is -2.25. The molecule has 0 aliphatic carbocycles. The first kappa shape index (κ1) is 12.9. The summed E-state index contributed by atoms with van der Waals surface area (Å²) in [5.74, 6) is -2.24. The molecule has 0 bridgehead atoms. The molecular weight excluding hydrogens is 216 g/mol. The van der Waals surface area contributed by atoms with E-state index in [1.165, 1.54) is 0 Å². The number of hydrogen-bond acceptors (Lipinski definition) is 5. The van der Waals surface area contributed by atoms with Crippen LogP contribution in [-0.2, 0) is 9.59 Å². The molecule has 16 heavy (non-hydrogen) atoms. The molecule has 0 saturated carbocycles. The Kier molecular flexibility index (Phi) is 4.22. The maximum Gasteiger partial charge on any atom is 0.323 e. The van der Waals surface area contributed by atoms with Crippen LogP contribution in [0.25, 0.3) is 0 Å². The van der Waals surface area contributed by atoms with Gasteiger partial charge in [0.05, 0.1) is 6.10 Å². The molecule has 1 heterocycles. The molecule has 0 aromatic carbocycles. The van der Waals surface area contributed by atoms with Crippen LogP contribution in [0.1, 0.15) is 12.8 Å². The number of aliphatic carboxylic acids is 2. The van der Waals surface area contributed by atoms with E-state index >= 15 is 0 Å². The average Bonchev–Trinajstić information content (AvgIpc) is 2.64. The highest BCUT2D eigenvalue weighted by molar-refractivity contribution is 5.74. The summed E-state index contributed by atoms with van der Waals surface area (Å²) in [5, 5.41) is 27.0. The van der Waals surface area contributed by atoms with E-state index in [4.69, 9.17) is 15.9 Å². The van der Waals surface area contributed by atoms with Gasteiger partial charge in [-0.25, -0.2) is 0 Å². The number of aliphatic hydroxyl groups is 1. The summed E-state index contributed by atoms with van der Waals surface area (Å²) in [5.41, 5.74) is 5.24. The number of carboxylic acid groups (broad SMARTS) is 2. The molecule has 7 nitrogen and oxygen atoms in total. The number of carboxylic acids is 2. The van der Waals surface area contributed by atoms with Gasteiger partial charge in [0.25, 0.3) is 0 Å². The monoisotopic (exact) mass is 232 g/mol. The highest BCUT2D eigenvalue weighted by Gasteiger charge is 2.33. The van der Waals surface area contributed by atoms with Crippen LogP contribution in [0.2, 0.25) is 0 Å². The Balaban J connectivity index is 2.53. The van der Waals surface area contributed by atoms with Gasteiger partial charge in [0.2, 0.25) is 0 Å². The minimum atomic E-state index is -1.38. The summed E-state index contributed by atoms with van der Waals surface area (Å²) >= 11 is 0. The van der Waals surface area contributed by atoms with E-state index in [0.717, 1.165) is 6.42 Å². The second-order valence-electron chi connectivity index (χ2n) is 3.92. The molecule has 1 rings (SSSR count). The summed E-state index contributed by atoms with van der Waals surface area (Å²) in [7, 11) is 0. The number of aliphatic hydroxyl groups excluding tert-OH is 1. The van der Waals surface area contributed by atoms with Gasteiger partial charge in [-0.1, -0.05) is 0 Å². The highest BCUT2D eigenvalue weighted by Crippen LogP contribution is 2.17. The molecule has 0 spiro atoms. The van der Waals surface area contributed by atoms with Gasteiger partial charge < -0.3 is 21.1 Å². The topological polar surface area (TPSA) is 124 Å². The number of β-amino-alcohol motifs (C(OH)–C–C–N with tert-alkyl or cyclic N) is 1. The van der Waals surface area contributed by atoms with Crippen LogP contribution < -0.4 is 5.73 Å². The average molecular weight is 232 g/mol. The number of nitrogens with zero attached hydrogens (tertiary/aromatic N) is 1. The molecule has 0 aromatic rings. The number of rotatable bonds is 5. The quantitative estimate of drug-likeness (QED) is 0.445. The number of carbonyl (C=O) groups is 2. The highest BCUT2D eigenvalue weighted by atomic mass is 16.4. The summed E-state index contributed by atoms with van der Waals surface area (Å²) in [6, 6.07) is -2.02. The van der Waals surface area contributed by atoms with Crippen molar-refractivity contribution in [3.05, 3.63) is 0 Å². The van der Waals surface area contributed by atoms with E-state index in [-0.39, 0.29) is 6.54 Å². The van der Waals surface area contributed by atoms with Gasteiger partial charge in [-0.15, -0.1) is 0 Å². The van der Waals surface area contributed by atoms with Crippen molar-refractivity contribution in [2.24, 2.45) is 5.73 Å². The fourth-order valence-electron chi connectivity index (χ4n) is 1.84. The van der Waals surface area contributed by atoms with Gasteiger partial charge in [-0.05, 0) is 19.4 Å². The summed E-state index contributed by atoms with van der Waals surface area (Å²) < 4.78 is 0. The van der Waals surface area contributed by atoms with Gasteiger partial charge in [-0.3, -0.25) is 14.5 Å². The van der Waals surface area contributed by atoms with Gasteiger partial charge in [-0.2, -0.15) is 0 Å². The van der Waals surface area contributed by atoms with Crippen LogP contribution in [0.3, 0.4) is 0 Å². The summed E-state index contributed by atoms with van der Waals surface area (Å²) in [6.07, 6.45) is -0.00597. The third kappa shape index (κ3) is 2.91. The molecule has 2 unspecified atom stereocenters. The van der Waals surface area contributed by atoms with Crippen LogP contribution >= 0.6 is 0 Å². The molecule has 0 aromatic heterocycles. The molecule has 3 atom stereocenters. The molecule has 5 N–H and O–H groups in total. The smallest absolute Gasteiger partial charge is 0.323 e. The first-order chi connectivity index (χ1) is 7.43. The normalized spacial score (nSPS) is 25.2. The van der Waals surface area contributed by atoms with E-state index in [1.54, 1.807) is 4.90 Å². The number of likely N-dealkylation sites (tertiary alicyclic amines) is 1. The van der Waals surface area contributed by atoms with Crippen molar-refractivity contribution in [3.8, 4) is 0 Å². The lowest BCUT2D eigenvalue weighted by Crippen LogP contribution is -2.50. The van der Waals surface area contributed by atoms with Crippen LogP contribution in [0, 0.1) is 0 Å². The van der Waals surface area contributed by atoms with Crippen LogP contribution in [0.5, 0.6) is 0 Å². The Morgan fingerprint density at radius 1 is 1.44 bits per heavy atom. The van der Waals surface area contributed by atoms with Crippen LogP contribution in [0.15, 0.2) is 0 Å². The predicted octanol–water partition coefficient (Wildman–Crippen LogP) is -1.69. The Hall–Kier alpha value is -1.18. The van der Waals surface area contributed by atoms with E-state index < -0.39 is 30.1 Å². The molecule has 0 radical (unpaired) electrons. The number of nitrogens with two attached hydrogens (primary N) is 1. The zero-order chi connectivity index (χ0) is 12.3. The lowest BCUT2D eigenvalue weighted by atomic mass is 10.1. The second kappa shape index (κ2) is 5.24. The minimum absolute atomic E-state index is 0.0234. The molecule has 7 heteroatoms. The largest absolute Gasteiger partial charge is 0.480 e. The fourth-order valence-corrected chi connectivity index (χ4v) is 1.84. The predicted molar refractivity (Wildman–Crippen MR) is 53.8 cm³/mol. The molecule has 1 saturated heterocycles. The van der Waals surface area contributed by atoms with Crippen molar-refractivity contribution in [2.75, 3.05) is 13.1 Å². The van der Waals surface area contributed by atoms with Crippen LogP contribution in [-0.4, -0.2) is 63.4 Å². The summed E-state index contributed by atoms with van der Waals surface area (Å²) in [4.78, 5) is 22.9. The molecule has 1 fully saturated rings. The van der Waals surface area contributed by atoms with E-state index in [0.29, 0.717) is 13.0 Å². The van der Waals surface area contributed by atoms with Gasteiger partial charge in [0, 0.05) is 6.54 Å². The van der Waals surface area contributed by atoms with Gasteiger partial charge >= 0.3 is 11.9 Å². The van der Waals surface area contributed by atoms with Crippen LogP contribution in [0.4, 0.5) is 0 Å². The molecule has 1 aliphatic rings. The minimum Gasteiger partial charge on any atom is -0.480 e. The molecular formula is C9H16N2O5. The summed E-state index contributed by atoms with van der Waals surface area (Å²) in [6.45, 7) is 0.519. The van der Waals surface area contributed by atoms with Crippen molar-refractivity contribution in [1.82, 2.24) is 4.90 Å².